The first-order chi connectivity index (χ1) is 13.0. The van der Waals surface area contributed by atoms with Crippen molar-refractivity contribution in [2.24, 2.45) is 0 Å². The molecular weight excluding hydrogens is 342 g/mol. The van der Waals surface area contributed by atoms with Crippen LogP contribution in [0, 0.1) is 0 Å². The molecule has 0 unspecified atom stereocenters. The average molecular weight is 369 g/mol. The molecule has 0 saturated carbocycles. The molecule has 3 rings (SSSR count). The van der Waals surface area contributed by atoms with Gasteiger partial charge in [0.15, 0.2) is 0 Å². The monoisotopic (exact) mass is 369 g/mol. The van der Waals surface area contributed by atoms with Crippen molar-refractivity contribution in [1.29, 1.82) is 0 Å². The van der Waals surface area contributed by atoms with E-state index in [2.05, 4.69) is 18.8 Å². The molecule has 1 aliphatic heterocycles. The number of hydrogen-bond acceptors (Lipinski definition) is 3. The lowest BCUT2D eigenvalue weighted by atomic mass is 10.0. The van der Waals surface area contributed by atoms with Gasteiger partial charge in [0, 0.05) is 38.1 Å². The van der Waals surface area contributed by atoms with Crippen LogP contribution in [-0.4, -0.2) is 59.9 Å². The number of methoxy groups -OCH3 is 1. The second kappa shape index (κ2) is 8.29. The molecule has 0 aliphatic carbocycles. The van der Waals surface area contributed by atoms with Crippen molar-refractivity contribution in [3.05, 3.63) is 53.3 Å². The van der Waals surface area contributed by atoms with E-state index in [0.717, 1.165) is 11.3 Å². The highest BCUT2D eigenvalue weighted by atomic mass is 16.5. The van der Waals surface area contributed by atoms with Crippen molar-refractivity contribution >= 4 is 11.8 Å². The van der Waals surface area contributed by atoms with E-state index in [1.807, 2.05) is 41.4 Å². The summed E-state index contributed by atoms with van der Waals surface area (Å²) < 4.78 is 5.45. The van der Waals surface area contributed by atoms with Crippen LogP contribution >= 0.6 is 0 Å². The summed E-state index contributed by atoms with van der Waals surface area (Å²) in [4.78, 5) is 32.0. The average Bonchev–Trinajstić information content (AvgIpc) is 3.20. The molecule has 6 nitrogen and oxygen atoms in total. The summed E-state index contributed by atoms with van der Waals surface area (Å²) in [5.74, 6) is 1.02. The molecule has 0 spiro atoms. The SMILES string of the molecule is COc1cc(C(C)C)ccc1C(=O)N1CCN(C(=O)Cc2ccc[nH]2)CC1. The number of nitrogens with one attached hydrogen (secondary N) is 1. The molecule has 1 aromatic carbocycles. The van der Waals surface area contributed by atoms with Gasteiger partial charge in [-0.15, -0.1) is 0 Å². The topological polar surface area (TPSA) is 65.6 Å². The standard InChI is InChI=1S/C21H27N3O3/c1-15(2)16-6-7-18(19(13-16)27-3)21(26)24-11-9-23(10-12-24)20(25)14-17-5-4-8-22-17/h4-8,13,15,22H,9-12,14H2,1-3H3. The van der Waals surface area contributed by atoms with Crippen molar-refractivity contribution in [2.45, 2.75) is 26.2 Å². The maximum absolute atomic E-state index is 12.9. The van der Waals surface area contributed by atoms with Gasteiger partial charge in [-0.25, -0.2) is 0 Å². The van der Waals surface area contributed by atoms with E-state index in [9.17, 15) is 9.59 Å². The second-order valence-electron chi connectivity index (χ2n) is 7.16. The number of carbonyl (C=O) groups excluding carboxylic acids is 2. The first-order valence-electron chi connectivity index (χ1n) is 9.37. The molecule has 1 fully saturated rings. The van der Waals surface area contributed by atoms with Crippen molar-refractivity contribution in [1.82, 2.24) is 14.8 Å². The number of rotatable bonds is 5. The van der Waals surface area contributed by atoms with E-state index in [4.69, 9.17) is 4.74 Å². The van der Waals surface area contributed by atoms with Gasteiger partial charge in [0.1, 0.15) is 5.75 Å². The molecule has 2 amide bonds. The highest BCUT2D eigenvalue weighted by Gasteiger charge is 2.26. The lowest BCUT2D eigenvalue weighted by molar-refractivity contribution is -0.132. The molecule has 27 heavy (non-hydrogen) atoms. The molecule has 1 aliphatic rings. The van der Waals surface area contributed by atoms with Gasteiger partial charge < -0.3 is 19.5 Å². The lowest BCUT2D eigenvalue weighted by Gasteiger charge is -2.35. The third-order valence-electron chi connectivity index (χ3n) is 5.05. The molecule has 0 atom stereocenters. The predicted octanol–water partition coefficient (Wildman–Crippen LogP) is 2.67. The van der Waals surface area contributed by atoms with Gasteiger partial charge in [0.05, 0.1) is 19.1 Å². The largest absolute Gasteiger partial charge is 0.496 e. The number of carbonyl (C=O) groups is 2. The summed E-state index contributed by atoms with van der Waals surface area (Å²) >= 11 is 0. The molecule has 1 N–H and O–H groups in total. The highest BCUT2D eigenvalue weighted by molar-refractivity contribution is 5.97. The van der Waals surface area contributed by atoms with Crippen LogP contribution in [0.2, 0.25) is 0 Å². The summed E-state index contributed by atoms with van der Waals surface area (Å²) in [6.07, 6.45) is 2.18. The number of aromatic nitrogens is 1. The third kappa shape index (κ3) is 4.32. The highest BCUT2D eigenvalue weighted by Crippen LogP contribution is 2.26. The Balaban J connectivity index is 1.62. The number of H-pyrrole nitrogens is 1. The van der Waals surface area contributed by atoms with Crippen LogP contribution < -0.4 is 4.74 Å². The molecule has 1 aromatic heterocycles. The zero-order valence-electron chi connectivity index (χ0n) is 16.2. The number of ether oxygens (including phenoxy) is 1. The van der Waals surface area contributed by atoms with Gasteiger partial charge in [-0.3, -0.25) is 9.59 Å². The Labute approximate surface area is 160 Å². The fourth-order valence-electron chi connectivity index (χ4n) is 3.33. The Kier molecular flexibility index (Phi) is 5.84. The van der Waals surface area contributed by atoms with E-state index < -0.39 is 0 Å². The van der Waals surface area contributed by atoms with Gasteiger partial charge >= 0.3 is 0 Å². The van der Waals surface area contributed by atoms with Crippen molar-refractivity contribution < 1.29 is 14.3 Å². The smallest absolute Gasteiger partial charge is 0.257 e. The van der Waals surface area contributed by atoms with Crippen molar-refractivity contribution in [2.75, 3.05) is 33.3 Å². The number of piperazine rings is 1. The molecule has 0 bridgehead atoms. The van der Waals surface area contributed by atoms with E-state index in [1.54, 1.807) is 12.0 Å². The summed E-state index contributed by atoms with van der Waals surface area (Å²) in [5.41, 5.74) is 2.63. The minimum atomic E-state index is -0.0429. The van der Waals surface area contributed by atoms with Crippen LogP contribution in [0.15, 0.2) is 36.5 Å². The number of hydrogen-bond donors (Lipinski definition) is 1. The van der Waals surface area contributed by atoms with Gasteiger partial charge in [0.2, 0.25) is 5.91 Å². The van der Waals surface area contributed by atoms with E-state index in [-0.39, 0.29) is 11.8 Å². The molecular formula is C21H27N3O3. The van der Waals surface area contributed by atoms with Crippen molar-refractivity contribution in [3.8, 4) is 5.75 Å². The Morgan fingerprint density at radius 2 is 1.81 bits per heavy atom. The van der Waals surface area contributed by atoms with Crippen LogP contribution in [0.5, 0.6) is 5.75 Å². The fourth-order valence-corrected chi connectivity index (χ4v) is 3.33. The Morgan fingerprint density at radius 3 is 2.41 bits per heavy atom. The molecule has 144 valence electrons. The quantitative estimate of drug-likeness (QED) is 0.881. The summed E-state index contributed by atoms with van der Waals surface area (Å²) in [7, 11) is 1.59. The number of nitrogens with zero attached hydrogens (tertiary/aromatic N) is 2. The first-order valence-corrected chi connectivity index (χ1v) is 9.37. The van der Waals surface area contributed by atoms with Crippen LogP contribution in [0.1, 0.15) is 41.4 Å². The summed E-state index contributed by atoms with van der Waals surface area (Å²) in [6, 6.07) is 9.56. The van der Waals surface area contributed by atoms with Crippen LogP contribution in [-0.2, 0) is 11.2 Å². The maximum atomic E-state index is 12.9. The lowest BCUT2D eigenvalue weighted by Crippen LogP contribution is -2.51. The van der Waals surface area contributed by atoms with Crippen molar-refractivity contribution in [3.63, 3.8) is 0 Å². The number of aromatic amines is 1. The van der Waals surface area contributed by atoms with Gasteiger partial charge in [-0.2, -0.15) is 0 Å². The third-order valence-corrected chi connectivity index (χ3v) is 5.05. The molecule has 2 heterocycles. The minimum absolute atomic E-state index is 0.0429. The molecule has 6 heteroatoms. The predicted molar refractivity (Wildman–Crippen MR) is 104 cm³/mol. The molecule has 0 radical (unpaired) electrons. The zero-order chi connectivity index (χ0) is 19.4. The maximum Gasteiger partial charge on any atom is 0.257 e. The number of benzene rings is 1. The summed E-state index contributed by atoms with van der Waals surface area (Å²) in [6.45, 7) is 6.39. The van der Waals surface area contributed by atoms with Gasteiger partial charge in [-0.1, -0.05) is 19.9 Å². The van der Waals surface area contributed by atoms with Gasteiger partial charge in [-0.05, 0) is 35.7 Å². The second-order valence-corrected chi connectivity index (χ2v) is 7.16. The Bertz CT molecular complexity index is 791. The normalized spacial score (nSPS) is 14.5. The van der Waals surface area contributed by atoms with Crippen LogP contribution in [0.25, 0.3) is 0 Å². The zero-order valence-corrected chi connectivity index (χ0v) is 16.2. The van der Waals surface area contributed by atoms with E-state index >= 15 is 0 Å². The Morgan fingerprint density at radius 1 is 1.11 bits per heavy atom. The number of amides is 2. The molecule has 1 saturated heterocycles. The van der Waals surface area contributed by atoms with E-state index in [0.29, 0.717) is 49.8 Å². The van der Waals surface area contributed by atoms with Crippen LogP contribution in [0.3, 0.4) is 0 Å². The van der Waals surface area contributed by atoms with E-state index in [1.165, 1.54) is 0 Å². The fraction of sp³-hybridized carbons (Fsp3) is 0.429. The van der Waals surface area contributed by atoms with Crippen LogP contribution in [0.4, 0.5) is 0 Å². The minimum Gasteiger partial charge on any atom is -0.496 e. The first kappa shape index (κ1) is 19.0. The Hall–Kier alpha value is -2.76. The van der Waals surface area contributed by atoms with Gasteiger partial charge in [0.25, 0.3) is 5.91 Å². The summed E-state index contributed by atoms with van der Waals surface area (Å²) in [5, 5.41) is 0. The molecule has 2 aromatic rings.